The molecule has 1 aromatic rings. The number of hydrogen-bond donors (Lipinski definition) is 0. The van der Waals surface area contributed by atoms with Crippen molar-refractivity contribution in [2.75, 3.05) is 26.2 Å². The summed E-state index contributed by atoms with van der Waals surface area (Å²) in [6.07, 6.45) is 2.73. The van der Waals surface area contributed by atoms with Crippen LogP contribution in [-0.4, -0.2) is 41.9 Å². The van der Waals surface area contributed by atoms with Crippen LogP contribution in [0.15, 0.2) is 24.3 Å². The summed E-state index contributed by atoms with van der Waals surface area (Å²) >= 11 is 0. The zero-order valence-corrected chi connectivity index (χ0v) is 12.2. The number of amides is 1. The topological polar surface area (TPSA) is 23.6 Å². The molecule has 112 valence electrons. The maximum atomic E-state index is 13.2. The second-order valence-electron chi connectivity index (χ2n) is 6.88. The van der Waals surface area contributed by atoms with Crippen molar-refractivity contribution in [3.63, 3.8) is 0 Å². The Bertz CT molecular complexity index is 557. The van der Waals surface area contributed by atoms with Gasteiger partial charge >= 0.3 is 0 Å². The second kappa shape index (κ2) is 5.09. The summed E-state index contributed by atoms with van der Waals surface area (Å²) in [4.78, 5) is 16.9. The van der Waals surface area contributed by atoms with Gasteiger partial charge in [-0.05, 0) is 36.5 Å². The maximum Gasteiger partial charge on any atom is 0.227 e. The number of halogens is 1. The molecule has 0 spiro atoms. The van der Waals surface area contributed by atoms with Crippen LogP contribution in [0.1, 0.15) is 18.4 Å². The molecule has 2 heterocycles. The molecule has 0 bridgehead atoms. The Morgan fingerprint density at radius 2 is 2.05 bits per heavy atom. The molecule has 2 aliphatic heterocycles. The molecule has 21 heavy (non-hydrogen) atoms. The first-order chi connectivity index (χ1) is 10.2. The van der Waals surface area contributed by atoms with E-state index in [0.717, 1.165) is 31.1 Å². The van der Waals surface area contributed by atoms with E-state index in [2.05, 4.69) is 4.90 Å². The van der Waals surface area contributed by atoms with E-state index < -0.39 is 0 Å². The number of nitrogens with zero attached hydrogens (tertiary/aromatic N) is 2. The predicted octanol–water partition coefficient (Wildman–Crippen LogP) is 2.13. The lowest BCUT2D eigenvalue weighted by atomic mass is 10.0. The molecule has 3 fully saturated rings. The fourth-order valence-electron chi connectivity index (χ4n) is 3.85. The minimum absolute atomic E-state index is 0.178. The number of likely N-dealkylation sites (tertiary alicyclic amines) is 2. The summed E-state index contributed by atoms with van der Waals surface area (Å²) < 4.78 is 13.2. The smallest absolute Gasteiger partial charge is 0.227 e. The fraction of sp³-hybridized carbons (Fsp3) is 0.588. The lowest BCUT2D eigenvalue weighted by Crippen LogP contribution is -2.33. The van der Waals surface area contributed by atoms with E-state index in [-0.39, 0.29) is 17.6 Å². The van der Waals surface area contributed by atoms with Crippen LogP contribution in [0.5, 0.6) is 0 Å². The number of carbonyl (C=O) groups is 1. The highest BCUT2D eigenvalue weighted by Crippen LogP contribution is 2.36. The molecular weight excluding hydrogens is 267 g/mol. The van der Waals surface area contributed by atoms with Crippen molar-refractivity contribution in [2.45, 2.75) is 19.4 Å². The van der Waals surface area contributed by atoms with Crippen LogP contribution in [0.4, 0.5) is 4.39 Å². The molecule has 1 saturated carbocycles. The van der Waals surface area contributed by atoms with Crippen LogP contribution >= 0.6 is 0 Å². The third-order valence-electron chi connectivity index (χ3n) is 5.08. The molecule has 0 N–H and O–H groups in total. The van der Waals surface area contributed by atoms with Crippen LogP contribution in [-0.2, 0) is 11.3 Å². The number of rotatable bonds is 4. The van der Waals surface area contributed by atoms with Crippen molar-refractivity contribution in [3.8, 4) is 0 Å². The molecular formula is C17H21FN2O. The van der Waals surface area contributed by atoms with E-state index in [1.165, 1.54) is 31.5 Å². The Labute approximate surface area is 124 Å². The van der Waals surface area contributed by atoms with Gasteiger partial charge in [-0.1, -0.05) is 12.1 Å². The number of benzene rings is 1. The van der Waals surface area contributed by atoms with Crippen molar-refractivity contribution in [1.29, 1.82) is 0 Å². The highest BCUT2D eigenvalue weighted by molar-refractivity contribution is 5.82. The molecule has 3 nitrogen and oxygen atoms in total. The molecule has 0 radical (unpaired) electrons. The van der Waals surface area contributed by atoms with Crippen molar-refractivity contribution >= 4 is 5.91 Å². The van der Waals surface area contributed by atoms with Crippen LogP contribution in [0, 0.1) is 23.6 Å². The molecule has 0 aromatic heterocycles. The lowest BCUT2D eigenvalue weighted by molar-refractivity contribution is -0.131. The van der Waals surface area contributed by atoms with Crippen LogP contribution in [0.25, 0.3) is 0 Å². The molecule has 0 unspecified atom stereocenters. The van der Waals surface area contributed by atoms with E-state index in [0.29, 0.717) is 12.5 Å². The molecule has 1 aliphatic carbocycles. The summed E-state index contributed by atoms with van der Waals surface area (Å²) in [6.45, 7) is 4.56. The molecule has 4 rings (SSSR count). The average Bonchev–Trinajstić information content (AvgIpc) is 3.10. The van der Waals surface area contributed by atoms with Crippen LogP contribution in [0.3, 0.4) is 0 Å². The van der Waals surface area contributed by atoms with E-state index >= 15 is 0 Å². The Hall–Kier alpha value is -1.42. The van der Waals surface area contributed by atoms with Gasteiger partial charge in [0.05, 0.1) is 5.92 Å². The monoisotopic (exact) mass is 288 g/mol. The Morgan fingerprint density at radius 3 is 2.76 bits per heavy atom. The van der Waals surface area contributed by atoms with Crippen LogP contribution in [0.2, 0.25) is 0 Å². The van der Waals surface area contributed by atoms with Gasteiger partial charge in [0.2, 0.25) is 5.91 Å². The first kappa shape index (κ1) is 13.3. The Morgan fingerprint density at radius 1 is 1.19 bits per heavy atom. The number of fused-ring (bicyclic) bond motifs is 1. The van der Waals surface area contributed by atoms with Gasteiger partial charge in [-0.2, -0.15) is 0 Å². The van der Waals surface area contributed by atoms with Gasteiger partial charge in [-0.15, -0.1) is 0 Å². The lowest BCUT2D eigenvalue weighted by Gasteiger charge is -2.21. The zero-order chi connectivity index (χ0) is 14.4. The number of carbonyl (C=O) groups excluding carboxylic acids is 1. The normalized spacial score (nSPS) is 29.2. The molecule has 1 amide bonds. The van der Waals surface area contributed by atoms with E-state index in [1.54, 1.807) is 6.07 Å². The van der Waals surface area contributed by atoms with Crippen molar-refractivity contribution in [2.24, 2.45) is 17.8 Å². The average molecular weight is 288 g/mol. The van der Waals surface area contributed by atoms with Crippen molar-refractivity contribution in [1.82, 2.24) is 9.80 Å². The maximum absolute atomic E-state index is 13.2. The summed E-state index contributed by atoms with van der Waals surface area (Å²) in [7, 11) is 0. The van der Waals surface area contributed by atoms with Crippen molar-refractivity contribution in [3.05, 3.63) is 35.6 Å². The fourth-order valence-corrected chi connectivity index (χ4v) is 3.85. The zero-order valence-electron chi connectivity index (χ0n) is 12.2. The van der Waals surface area contributed by atoms with Crippen LogP contribution < -0.4 is 0 Å². The third-order valence-corrected chi connectivity index (χ3v) is 5.08. The van der Waals surface area contributed by atoms with E-state index in [4.69, 9.17) is 0 Å². The second-order valence-corrected chi connectivity index (χ2v) is 6.88. The van der Waals surface area contributed by atoms with E-state index in [1.807, 2.05) is 11.0 Å². The SMILES string of the molecule is O=C1[C@@H]2CN(CC3CC3)C[C@@H]2CN1Cc1cccc(F)c1. The quantitative estimate of drug-likeness (QED) is 0.847. The molecule has 4 heteroatoms. The van der Waals surface area contributed by atoms with Crippen molar-refractivity contribution < 1.29 is 9.18 Å². The minimum atomic E-state index is -0.227. The highest BCUT2D eigenvalue weighted by Gasteiger charge is 2.46. The Kier molecular flexibility index (Phi) is 3.21. The summed E-state index contributed by atoms with van der Waals surface area (Å²) in [6, 6.07) is 6.58. The molecule has 3 aliphatic rings. The summed E-state index contributed by atoms with van der Waals surface area (Å²) in [5.41, 5.74) is 0.887. The molecule has 1 aromatic carbocycles. The minimum Gasteiger partial charge on any atom is -0.338 e. The predicted molar refractivity (Wildman–Crippen MR) is 78.0 cm³/mol. The van der Waals surface area contributed by atoms with Gasteiger partial charge < -0.3 is 9.80 Å². The standard InChI is InChI=1S/C17H21FN2O/c18-15-3-1-2-13(6-15)8-20-10-14-9-19(7-12-4-5-12)11-16(14)17(20)21/h1-3,6,12,14,16H,4-5,7-11H2/t14-,16-/m1/s1. The third kappa shape index (κ3) is 2.69. The largest absolute Gasteiger partial charge is 0.338 e. The van der Waals surface area contributed by atoms with E-state index in [9.17, 15) is 9.18 Å². The van der Waals surface area contributed by atoms with Gasteiger partial charge in [-0.25, -0.2) is 4.39 Å². The van der Waals surface area contributed by atoms with Gasteiger partial charge in [0.15, 0.2) is 0 Å². The summed E-state index contributed by atoms with van der Waals surface area (Å²) in [5.74, 6) is 1.59. The molecule has 2 saturated heterocycles. The first-order valence-electron chi connectivity index (χ1n) is 7.94. The Balaban J connectivity index is 1.38. The van der Waals surface area contributed by atoms with Gasteiger partial charge in [0.1, 0.15) is 5.82 Å². The van der Waals surface area contributed by atoms with Gasteiger partial charge in [0.25, 0.3) is 0 Å². The first-order valence-corrected chi connectivity index (χ1v) is 7.94. The van der Waals surface area contributed by atoms with Gasteiger partial charge in [-0.3, -0.25) is 4.79 Å². The molecule has 2 atom stereocenters. The highest BCUT2D eigenvalue weighted by atomic mass is 19.1. The number of hydrogen-bond acceptors (Lipinski definition) is 2. The van der Waals surface area contributed by atoms with Gasteiger partial charge in [0, 0.05) is 38.6 Å². The summed E-state index contributed by atoms with van der Waals surface area (Å²) in [5, 5.41) is 0.